The van der Waals surface area contributed by atoms with Crippen molar-refractivity contribution in [1.82, 2.24) is 4.98 Å². The number of fused-ring (bicyclic) bond motifs is 1. The Morgan fingerprint density at radius 3 is 2.57 bits per heavy atom. The van der Waals surface area contributed by atoms with Crippen molar-refractivity contribution in [3.63, 3.8) is 0 Å². The maximum Gasteiger partial charge on any atom is 0.197 e. The van der Waals surface area contributed by atoms with Crippen molar-refractivity contribution in [2.45, 2.75) is 6.92 Å². The molecule has 1 heterocycles. The molecule has 3 aromatic rings. The normalized spacial score (nSPS) is 11.0. The number of pyridine rings is 1. The van der Waals surface area contributed by atoms with Gasteiger partial charge in [0.1, 0.15) is 11.6 Å². The Kier molecular flexibility index (Phi) is 3.26. The lowest BCUT2D eigenvalue weighted by molar-refractivity contribution is 0.585. The molecule has 0 atom stereocenters. The molecule has 0 saturated heterocycles. The molecular formula is C16H10ClF2NO. The van der Waals surface area contributed by atoms with Crippen LogP contribution in [0.5, 0.6) is 0 Å². The van der Waals surface area contributed by atoms with Crippen LogP contribution in [-0.2, 0) is 0 Å². The zero-order valence-electron chi connectivity index (χ0n) is 11.0. The number of hydrogen-bond donors (Lipinski definition) is 1. The first kappa shape index (κ1) is 13.8. The maximum atomic E-state index is 14.0. The van der Waals surface area contributed by atoms with Crippen molar-refractivity contribution < 1.29 is 8.78 Å². The molecule has 0 saturated carbocycles. The summed E-state index contributed by atoms with van der Waals surface area (Å²) in [6.07, 6.45) is 0. The van der Waals surface area contributed by atoms with Gasteiger partial charge in [-0.25, -0.2) is 8.78 Å². The molecule has 0 radical (unpaired) electrons. The highest BCUT2D eigenvalue weighted by molar-refractivity contribution is 6.31. The minimum absolute atomic E-state index is 0.0667. The van der Waals surface area contributed by atoms with Crippen LogP contribution in [0.2, 0.25) is 5.02 Å². The van der Waals surface area contributed by atoms with Gasteiger partial charge in [0.25, 0.3) is 0 Å². The average Bonchev–Trinajstić information content (AvgIpc) is 2.42. The van der Waals surface area contributed by atoms with Gasteiger partial charge >= 0.3 is 0 Å². The van der Waals surface area contributed by atoms with E-state index in [-0.39, 0.29) is 16.6 Å². The van der Waals surface area contributed by atoms with E-state index in [9.17, 15) is 13.6 Å². The average molecular weight is 306 g/mol. The summed E-state index contributed by atoms with van der Waals surface area (Å²) in [5.41, 5.74) is 1.04. The fourth-order valence-corrected chi connectivity index (χ4v) is 2.57. The van der Waals surface area contributed by atoms with E-state index >= 15 is 0 Å². The van der Waals surface area contributed by atoms with Crippen LogP contribution < -0.4 is 5.43 Å². The highest BCUT2D eigenvalue weighted by Gasteiger charge is 2.15. The minimum atomic E-state index is -0.773. The molecule has 0 unspecified atom stereocenters. The van der Waals surface area contributed by atoms with Crippen LogP contribution in [0.15, 0.2) is 41.2 Å². The monoisotopic (exact) mass is 305 g/mol. The molecule has 5 heteroatoms. The predicted octanol–water partition coefficient (Wildman–Crippen LogP) is 4.44. The van der Waals surface area contributed by atoms with Crippen molar-refractivity contribution in [3.8, 4) is 11.1 Å². The molecular weight excluding hydrogens is 296 g/mol. The van der Waals surface area contributed by atoms with Crippen molar-refractivity contribution in [2.75, 3.05) is 0 Å². The second kappa shape index (κ2) is 4.97. The summed E-state index contributed by atoms with van der Waals surface area (Å²) in [5, 5.41) is 0.786. The minimum Gasteiger partial charge on any atom is -0.358 e. The Morgan fingerprint density at radius 2 is 1.86 bits per heavy atom. The lowest BCUT2D eigenvalue weighted by atomic mass is 10.0. The first-order chi connectivity index (χ1) is 9.97. The van der Waals surface area contributed by atoms with Crippen LogP contribution in [0.1, 0.15) is 5.69 Å². The number of nitrogens with one attached hydrogen (secondary N) is 1. The lowest BCUT2D eigenvalue weighted by Crippen LogP contribution is -2.10. The summed E-state index contributed by atoms with van der Waals surface area (Å²) < 4.78 is 27.0. The van der Waals surface area contributed by atoms with E-state index in [1.165, 1.54) is 12.1 Å². The molecule has 0 aliphatic carbocycles. The highest BCUT2D eigenvalue weighted by atomic mass is 35.5. The van der Waals surface area contributed by atoms with E-state index in [0.29, 0.717) is 21.6 Å². The molecule has 3 rings (SSSR count). The van der Waals surface area contributed by atoms with Crippen molar-refractivity contribution in [3.05, 3.63) is 69.0 Å². The molecule has 2 aromatic carbocycles. The summed E-state index contributed by atoms with van der Waals surface area (Å²) in [6, 6.07) is 8.03. The number of hydrogen-bond acceptors (Lipinski definition) is 1. The Bertz CT molecular complexity index is 918. The van der Waals surface area contributed by atoms with E-state index in [1.54, 1.807) is 19.1 Å². The number of benzene rings is 2. The van der Waals surface area contributed by atoms with Crippen molar-refractivity contribution >= 4 is 22.5 Å². The van der Waals surface area contributed by atoms with Gasteiger partial charge in [-0.05, 0) is 37.3 Å². The SMILES string of the molecule is Cc1[nH]c2ccc(Cl)cc2c(=O)c1-c1ccc(F)cc1F. The van der Waals surface area contributed by atoms with Crippen LogP contribution in [-0.4, -0.2) is 4.98 Å². The molecule has 21 heavy (non-hydrogen) atoms. The molecule has 0 spiro atoms. The maximum absolute atomic E-state index is 14.0. The number of aromatic nitrogens is 1. The first-order valence-corrected chi connectivity index (χ1v) is 6.63. The smallest absolute Gasteiger partial charge is 0.197 e. The Balaban J connectivity index is 2.40. The van der Waals surface area contributed by atoms with E-state index in [2.05, 4.69) is 4.98 Å². The van der Waals surface area contributed by atoms with E-state index < -0.39 is 11.6 Å². The topological polar surface area (TPSA) is 32.9 Å². The van der Waals surface area contributed by atoms with Gasteiger partial charge in [0, 0.05) is 33.2 Å². The summed E-state index contributed by atoms with van der Waals surface area (Å²) in [6.45, 7) is 1.67. The molecule has 1 aromatic heterocycles. The summed E-state index contributed by atoms with van der Waals surface area (Å²) >= 11 is 5.90. The largest absolute Gasteiger partial charge is 0.358 e. The van der Waals surface area contributed by atoms with Crippen LogP contribution in [0.3, 0.4) is 0 Å². The van der Waals surface area contributed by atoms with Crippen molar-refractivity contribution in [2.24, 2.45) is 0 Å². The van der Waals surface area contributed by atoms with Crippen LogP contribution in [0.25, 0.3) is 22.0 Å². The number of H-pyrrole nitrogens is 1. The number of halogens is 3. The van der Waals surface area contributed by atoms with Crippen LogP contribution >= 0.6 is 11.6 Å². The van der Waals surface area contributed by atoms with Gasteiger partial charge < -0.3 is 4.98 Å². The summed E-state index contributed by atoms with van der Waals surface area (Å²) in [5.74, 6) is -1.46. The standard InChI is InChI=1S/C16H10ClF2NO/c1-8-15(11-4-3-10(18)7-13(11)19)16(21)12-6-9(17)2-5-14(12)20-8/h2-7H,1H3,(H,20,21). The molecule has 2 nitrogen and oxygen atoms in total. The second-order valence-electron chi connectivity index (χ2n) is 4.77. The van der Waals surface area contributed by atoms with Crippen LogP contribution in [0, 0.1) is 18.6 Å². The van der Waals surface area contributed by atoms with Gasteiger partial charge in [-0.2, -0.15) is 0 Å². The summed E-state index contributed by atoms with van der Waals surface area (Å²) in [7, 11) is 0. The van der Waals surface area contributed by atoms with E-state index in [0.717, 1.165) is 12.1 Å². The van der Waals surface area contributed by atoms with Gasteiger partial charge in [0.15, 0.2) is 5.43 Å². The van der Waals surface area contributed by atoms with E-state index in [1.807, 2.05) is 0 Å². The number of aryl methyl sites for hydroxylation is 1. The molecule has 0 amide bonds. The fraction of sp³-hybridized carbons (Fsp3) is 0.0625. The van der Waals surface area contributed by atoms with E-state index in [4.69, 9.17) is 11.6 Å². The Morgan fingerprint density at radius 1 is 1.10 bits per heavy atom. The van der Waals surface area contributed by atoms with Crippen LogP contribution in [0.4, 0.5) is 8.78 Å². The van der Waals surface area contributed by atoms with Gasteiger partial charge in [0.2, 0.25) is 0 Å². The fourth-order valence-electron chi connectivity index (χ4n) is 2.40. The summed E-state index contributed by atoms with van der Waals surface area (Å²) in [4.78, 5) is 15.6. The van der Waals surface area contributed by atoms with Gasteiger partial charge in [-0.3, -0.25) is 4.79 Å². The number of aromatic amines is 1. The van der Waals surface area contributed by atoms with Gasteiger partial charge in [-0.1, -0.05) is 11.6 Å². The van der Waals surface area contributed by atoms with Gasteiger partial charge in [-0.15, -0.1) is 0 Å². The lowest BCUT2D eigenvalue weighted by Gasteiger charge is -2.09. The third-order valence-corrected chi connectivity index (χ3v) is 3.59. The zero-order chi connectivity index (χ0) is 15.1. The first-order valence-electron chi connectivity index (χ1n) is 6.25. The molecule has 1 N–H and O–H groups in total. The molecule has 0 aliphatic rings. The van der Waals surface area contributed by atoms with Gasteiger partial charge in [0.05, 0.1) is 5.56 Å². The second-order valence-corrected chi connectivity index (χ2v) is 5.20. The third-order valence-electron chi connectivity index (χ3n) is 3.35. The Hall–Kier alpha value is -2.20. The van der Waals surface area contributed by atoms with Crippen molar-refractivity contribution in [1.29, 1.82) is 0 Å². The quantitative estimate of drug-likeness (QED) is 0.708. The number of rotatable bonds is 1. The predicted molar refractivity (Wildman–Crippen MR) is 79.7 cm³/mol. The molecule has 106 valence electrons. The highest BCUT2D eigenvalue weighted by Crippen LogP contribution is 2.25. The Labute approximate surface area is 124 Å². The zero-order valence-corrected chi connectivity index (χ0v) is 11.8. The molecule has 0 bridgehead atoms. The molecule has 0 aliphatic heterocycles. The third kappa shape index (κ3) is 2.32. The molecule has 0 fully saturated rings.